The Labute approximate surface area is 201 Å². The molecule has 33 heavy (non-hydrogen) atoms. The van der Waals surface area contributed by atoms with Gasteiger partial charge in [0.2, 0.25) is 6.79 Å². The number of H-pyrrole nitrogens is 1. The summed E-state index contributed by atoms with van der Waals surface area (Å²) in [6, 6.07) is 12.1. The SMILES string of the molecule is COc1ccc(C2(Cn3cnc(=N)c4[nH]c(Sc5cc6c(cc5Br)OCO6)nc43)CC2)cc1. The predicted molar refractivity (Wildman–Crippen MR) is 126 cm³/mol. The molecule has 0 unspecified atom stereocenters. The number of hydrogen-bond donors (Lipinski definition) is 2. The van der Waals surface area contributed by atoms with Crippen molar-refractivity contribution in [3.05, 3.63) is 58.2 Å². The van der Waals surface area contributed by atoms with Crippen molar-refractivity contribution in [2.75, 3.05) is 13.9 Å². The summed E-state index contributed by atoms with van der Waals surface area (Å²) in [7, 11) is 1.68. The van der Waals surface area contributed by atoms with Gasteiger partial charge in [0.15, 0.2) is 27.8 Å². The number of hydrogen-bond acceptors (Lipinski definition) is 7. The molecule has 1 aliphatic heterocycles. The summed E-state index contributed by atoms with van der Waals surface area (Å²) >= 11 is 5.07. The second-order valence-corrected chi connectivity index (χ2v) is 10.1. The summed E-state index contributed by atoms with van der Waals surface area (Å²) in [5.41, 5.74) is 2.88. The van der Waals surface area contributed by atoms with Gasteiger partial charge < -0.3 is 23.8 Å². The van der Waals surface area contributed by atoms with E-state index in [2.05, 4.69) is 42.6 Å². The number of ether oxygens (including phenoxy) is 3. The van der Waals surface area contributed by atoms with E-state index >= 15 is 0 Å². The van der Waals surface area contributed by atoms with E-state index in [9.17, 15) is 0 Å². The quantitative estimate of drug-likeness (QED) is 0.381. The third-order valence-electron chi connectivity index (χ3n) is 6.16. The van der Waals surface area contributed by atoms with Crippen LogP contribution in [-0.4, -0.2) is 33.4 Å². The molecule has 0 saturated heterocycles. The Morgan fingerprint density at radius 3 is 2.70 bits per heavy atom. The molecular formula is C23H20BrN5O3S. The fraction of sp³-hybridized carbons (Fsp3) is 0.261. The number of aromatic amines is 1. The maximum Gasteiger partial charge on any atom is 0.231 e. The molecule has 1 saturated carbocycles. The highest BCUT2D eigenvalue weighted by molar-refractivity contribution is 9.10. The van der Waals surface area contributed by atoms with Gasteiger partial charge >= 0.3 is 0 Å². The van der Waals surface area contributed by atoms with Crippen molar-refractivity contribution in [2.24, 2.45) is 0 Å². The first-order chi connectivity index (χ1) is 16.0. The molecule has 1 aliphatic carbocycles. The summed E-state index contributed by atoms with van der Waals surface area (Å²) < 4.78 is 19.2. The van der Waals surface area contributed by atoms with Crippen LogP contribution in [-0.2, 0) is 12.0 Å². The summed E-state index contributed by atoms with van der Waals surface area (Å²) in [5.74, 6) is 2.29. The minimum atomic E-state index is 0.0572. The highest BCUT2D eigenvalue weighted by Crippen LogP contribution is 2.50. The number of benzene rings is 2. The molecule has 0 bridgehead atoms. The van der Waals surface area contributed by atoms with Crippen molar-refractivity contribution in [1.29, 1.82) is 5.41 Å². The van der Waals surface area contributed by atoms with Crippen LogP contribution in [0.5, 0.6) is 17.2 Å². The maximum absolute atomic E-state index is 8.29. The third-order valence-corrected chi connectivity index (χ3v) is 8.02. The molecule has 10 heteroatoms. The van der Waals surface area contributed by atoms with Crippen molar-refractivity contribution in [2.45, 2.75) is 34.9 Å². The zero-order valence-electron chi connectivity index (χ0n) is 17.7. The smallest absolute Gasteiger partial charge is 0.231 e. The Morgan fingerprint density at radius 1 is 1.21 bits per heavy atom. The summed E-state index contributed by atoms with van der Waals surface area (Å²) in [6.45, 7) is 0.982. The van der Waals surface area contributed by atoms with E-state index in [-0.39, 0.29) is 17.7 Å². The number of imidazole rings is 1. The standard InChI is InChI=1S/C23H20BrN5O3S/c1-30-14-4-2-13(3-5-14)23(6-7-23)10-29-11-26-20(25)19-21(29)28-22(27-19)33-18-9-17-16(8-15(18)24)31-12-32-17/h2-5,8-9,11,25H,6-7,10,12H2,1H3,(H,27,28). The van der Waals surface area contributed by atoms with Crippen molar-refractivity contribution in [1.82, 2.24) is 19.5 Å². The molecule has 0 amide bonds. The zero-order chi connectivity index (χ0) is 22.6. The molecule has 2 aliphatic rings. The number of fused-ring (bicyclic) bond motifs is 2. The number of methoxy groups -OCH3 is 1. The van der Waals surface area contributed by atoms with Gasteiger partial charge in [0.25, 0.3) is 0 Å². The van der Waals surface area contributed by atoms with Crippen LogP contribution in [0.15, 0.2) is 57.3 Å². The Kier molecular flexibility index (Phi) is 4.88. The molecule has 2 aromatic carbocycles. The number of halogens is 1. The average molecular weight is 526 g/mol. The van der Waals surface area contributed by atoms with Crippen molar-refractivity contribution < 1.29 is 14.2 Å². The second kappa shape index (κ2) is 7.81. The first kappa shape index (κ1) is 20.6. The Morgan fingerprint density at radius 2 is 1.97 bits per heavy atom. The Hall–Kier alpha value is -2.98. The summed E-state index contributed by atoms with van der Waals surface area (Å²) in [5, 5.41) is 8.98. The van der Waals surface area contributed by atoms with E-state index in [0.717, 1.165) is 45.9 Å². The van der Waals surface area contributed by atoms with Crippen molar-refractivity contribution in [3.8, 4) is 17.2 Å². The number of nitrogens with zero attached hydrogens (tertiary/aromatic N) is 3. The summed E-state index contributed by atoms with van der Waals surface area (Å²) in [4.78, 5) is 13.4. The van der Waals surface area contributed by atoms with Crippen LogP contribution < -0.4 is 19.7 Å². The lowest BCUT2D eigenvalue weighted by Crippen LogP contribution is -2.20. The van der Waals surface area contributed by atoms with Gasteiger partial charge in [0.05, 0.1) is 13.4 Å². The molecule has 1 fully saturated rings. The van der Waals surface area contributed by atoms with E-state index in [1.165, 1.54) is 17.3 Å². The topological polar surface area (TPSA) is 98.0 Å². The molecule has 0 radical (unpaired) electrons. The zero-order valence-corrected chi connectivity index (χ0v) is 20.1. The van der Waals surface area contributed by atoms with Crippen LogP contribution in [0.25, 0.3) is 11.2 Å². The van der Waals surface area contributed by atoms with Gasteiger partial charge in [-0.15, -0.1) is 0 Å². The molecule has 2 aromatic heterocycles. The normalized spacial score (nSPS) is 15.7. The third kappa shape index (κ3) is 3.67. The van der Waals surface area contributed by atoms with Crippen LogP contribution in [0, 0.1) is 5.41 Å². The monoisotopic (exact) mass is 525 g/mol. The van der Waals surface area contributed by atoms with Gasteiger partial charge in [-0.2, -0.15) is 0 Å². The molecular weight excluding hydrogens is 506 g/mol. The predicted octanol–water partition coefficient (Wildman–Crippen LogP) is 4.62. The Balaban J connectivity index is 1.33. The first-order valence-electron chi connectivity index (χ1n) is 10.5. The number of nitrogens with one attached hydrogen (secondary N) is 2. The molecule has 2 N–H and O–H groups in total. The van der Waals surface area contributed by atoms with Gasteiger partial charge in [-0.3, -0.25) is 5.41 Å². The molecule has 0 atom stereocenters. The molecule has 6 rings (SSSR count). The molecule has 168 valence electrons. The van der Waals surface area contributed by atoms with Gasteiger partial charge in [-0.1, -0.05) is 23.9 Å². The lowest BCUT2D eigenvalue weighted by Gasteiger charge is -2.18. The van der Waals surface area contributed by atoms with Crippen LogP contribution in [0.2, 0.25) is 0 Å². The minimum Gasteiger partial charge on any atom is -0.497 e. The highest BCUT2D eigenvalue weighted by atomic mass is 79.9. The maximum atomic E-state index is 8.29. The number of aromatic nitrogens is 4. The lowest BCUT2D eigenvalue weighted by molar-refractivity contribution is 0.174. The van der Waals surface area contributed by atoms with E-state index in [0.29, 0.717) is 16.4 Å². The van der Waals surface area contributed by atoms with Crippen LogP contribution in [0.4, 0.5) is 0 Å². The van der Waals surface area contributed by atoms with Crippen molar-refractivity contribution >= 4 is 38.9 Å². The Bertz CT molecular complexity index is 1430. The van der Waals surface area contributed by atoms with E-state index in [1.807, 2.05) is 24.3 Å². The fourth-order valence-corrected chi connectivity index (χ4v) is 5.55. The van der Waals surface area contributed by atoms with Crippen LogP contribution in [0.3, 0.4) is 0 Å². The van der Waals surface area contributed by atoms with E-state index in [1.54, 1.807) is 13.4 Å². The van der Waals surface area contributed by atoms with Gasteiger partial charge in [-0.25, -0.2) is 9.97 Å². The van der Waals surface area contributed by atoms with E-state index in [4.69, 9.17) is 24.6 Å². The van der Waals surface area contributed by atoms with Gasteiger partial charge in [0.1, 0.15) is 11.3 Å². The summed E-state index contributed by atoms with van der Waals surface area (Å²) in [6.07, 6.45) is 3.93. The second-order valence-electron chi connectivity index (χ2n) is 8.21. The minimum absolute atomic E-state index is 0.0572. The van der Waals surface area contributed by atoms with Crippen molar-refractivity contribution in [3.63, 3.8) is 0 Å². The fourth-order valence-electron chi connectivity index (χ4n) is 4.17. The molecule has 8 nitrogen and oxygen atoms in total. The van der Waals surface area contributed by atoms with Gasteiger partial charge in [0, 0.05) is 21.3 Å². The first-order valence-corrected chi connectivity index (χ1v) is 12.1. The lowest BCUT2D eigenvalue weighted by atomic mass is 9.95. The highest BCUT2D eigenvalue weighted by Gasteiger charge is 2.44. The van der Waals surface area contributed by atoms with Crippen LogP contribution in [0.1, 0.15) is 18.4 Å². The van der Waals surface area contributed by atoms with Crippen LogP contribution >= 0.6 is 27.7 Å². The average Bonchev–Trinajstić information content (AvgIpc) is 3.24. The number of rotatable bonds is 6. The van der Waals surface area contributed by atoms with Gasteiger partial charge in [-0.05, 0) is 58.6 Å². The molecule has 3 heterocycles. The largest absolute Gasteiger partial charge is 0.497 e. The molecule has 0 spiro atoms. The van der Waals surface area contributed by atoms with E-state index < -0.39 is 0 Å². The molecule has 4 aromatic rings.